The van der Waals surface area contributed by atoms with Crippen LogP contribution >= 0.6 is 31.9 Å². The van der Waals surface area contributed by atoms with Gasteiger partial charge < -0.3 is 15.5 Å². The highest BCUT2D eigenvalue weighted by Crippen LogP contribution is 2.31. The smallest absolute Gasteiger partial charge is 0.291 e. The molecule has 3 aromatic rings. The normalized spacial score (nSPS) is 10.6. The van der Waals surface area contributed by atoms with Gasteiger partial charge in [-0.25, -0.2) is 4.39 Å². The average Bonchev–Trinajstić information content (AvgIpc) is 3.00. The van der Waals surface area contributed by atoms with Crippen LogP contribution in [0.15, 0.2) is 61.9 Å². The predicted octanol–water partition coefficient (Wildman–Crippen LogP) is 5.45. The summed E-state index contributed by atoms with van der Waals surface area (Å²) in [7, 11) is 0. The zero-order valence-corrected chi connectivity index (χ0v) is 15.3. The lowest BCUT2D eigenvalue weighted by Gasteiger charge is -2.06. The van der Waals surface area contributed by atoms with E-state index in [-0.39, 0.29) is 11.6 Å². The molecule has 0 saturated carbocycles. The quantitative estimate of drug-likeness (QED) is 0.518. The third-order valence-corrected chi connectivity index (χ3v) is 4.58. The topological polar surface area (TPSA) is 68.3 Å². The molecule has 0 radical (unpaired) electrons. The Balaban J connectivity index is 1.83. The largest absolute Gasteiger partial charge is 0.451 e. The molecule has 0 unspecified atom stereocenters. The number of benzene rings is 2. The summed E-state index contributed by atoms with van der Waals surface area (Å²) in [5, 5.41) is 2.74. The molecule has 4 nitrogen and oxygen atoms in total. The summed E-state index contributed by atoms with van der Waals surface area (Å²) < 4.78 is 20.0. The maximum Gasteiger partial charge on any atom is 0.291 e. The number of hydrogen-bond acceptors (Lipinski definition) is 3. The summed E-state index contributed by atoms with van der Waals surface area (Å²) in [6.45, 7) is 0. The Morgan fingerprint density at radius 2 is 1.83 bits per heavy atom. The van der Waals surface area contributed by atoms with Gasteiger partial charge in [0.25, 0.3) is 5.91 Å². The van der Waals surface area contributed by atoms with Gasteiger partial charge >= 0.3 is 0 Å². The van der Waals surface area contributed by atoms with Crippen LogP contribution in [0.3, 0.4) is 0 Å². The molecule has 0 aliphatic carbocycles. The first-order valence-corrected chi connectivity index (χ1v) is 8.44. The second-order valence-electron chi connectivity index (χ2n) is 4.98. The van der Waals surface area contributed by atoms with E-state index in [0.29, 0.717) is 31.6 Å². The lowest BCUT2D eigenvalue weighted by atomic mass is 10.2. The summed E-state index contributed by atoms with van der Waals surface area (Å²) in [6, 6.07) is 12.5. The molecule has 1 aromatic heterocycles. The minimum atomic E-state index is -0.398. The molecular formula is C17H11Br2FN2O2. The molecule has 0 saturated heterocycles. The van der Waals surface area contributed by atoms with Crippen molar-refractivity contribution in [2.24, 2.45) is 0 Å². The standard InChI is InChI=1S/C17H11Br2FN2O2/c18-12-7-9(20)1-3-11(12)15-5-6-16(24-15)17(23)22-14-4-2-10(21)8-13(14)19/h1-8H,21H2,(H,22,23). The van der Waals surface area contributed by atoms with Gasteiger partial charge in [-0.05, 0) is 80.4 Å². The molecule has 0 fully saturated rings. The van der Waals surface area contributed by atoms with Gasteiger partial charge in [0.15, 0.2) is 5.76 Å². The number of hydrogen-bond donors (Lipinski definition) is 2. The van der Waals surface area contributed by atoms with Gasteiger partial charge in [-0.1, -0.05) is 0 Å². The zero-order valence-electron chi connectivity index (χ0n) is 12.1. The number of nitrogens with one attached hydrogen (secondary N) is 1. The lowest BCUT2D eigenvalue weighted by molar-refractivity contribution is 0.0997. The van der Waals surface area contributed by atoms with E-state index in [2.05, 4.69) is 37.2 Å². The first-order chi connectivity index (χ1) is 11.4. The molecule has 122 valence electrons. The van der Waals surface area contributed by atoms with Crippen molar-refractivity contribution in [3.8, 4) is 11.3 Å². The fourth-order valence-corrected chi connectivity index (χ4v) is 3.15. The van der Waals surface area contributed by atoms with Crippen LogP contribution in [0.1, 0.15) is 10.6 Å². The summed E-state index contributed by atoms with van der Waals surface area (Å²) in [5.41, 5.74) is 7.49. The molecule has 0 atom stereocenters. The third-order valence-electron chi connectivity index (χ3n) is 3.27. The number of anilines is 2. The molecule has 1 amide bonds. The minimum absolute atomic E-state index is 0.143. The van der Waals surface area contributed by atoms with Crippen LogP contribution in [-0.2, 0) is 0 Å². The average molecular weight is 454 g/mol. The SMILES string of the molecule is Nc1ccc(NC(=O)c2ccc(-c3ccc(F)cc3Br)o2)c(Br)c1. The van der Waals surface area contributed by atoms with Crippen LogP contribution in [0.2, 0.25) is 0 Å². The van der Waals surface area contributed by atoms with Crippen molar-refractivity contribution in [1.29, 1.82) is 0 Å². The monoisotopic (exact) mass is 452 g/mol. The number of furan rings is 1. The third kappa shape index (κ3) is 3.52. The highest BCUT2D eigenvalue weighted by Gasteiger charge is 2.15. The molecule has 2 aromatic carbocycles. The minimum Gasteiger partial charge on any atom is -0.451 e. The Kier molecular flexibility index (Phi) is 4.73. The van der Waals surface area contributed by atoms with Crippen LogP contribution in [0, 0.1) is 5.82 Å². The van der Waals surface area contributed by atoms with Crippen molar-refractivity contribution >= 4 is 49.1 Å². The predicted molar refractivity (Wildman–Crippen MR) is 98.3 cm³/mol. The van der Waals surface area contributed by atoms with Crippen molar-refractivity contribution in [1.82, 2.24) is 0 Å². The van der Waals surface area contributed by atoms with E-state index in [9.17, 15) is 9.18 Å². The second-order valence-corrected chi connectivity index (χ2v) is 6.69. The number of halogens is 3. The number of rotatable bonds is 3. The van der Waals surface area contributed by atoms with E-state index in [0.717, 1.165) is 0 Å². The van der Waals surface area contributed by atoms with Crippen molar-refractivity contribution < 1.29 is 13.6 Å². The maximum absolute atomic E-state index is 13.2. The molecule has 0 spiro atoms. The van der Waals surface area contributed by atoms with Gasteiger partial charge in [0.2, 0.25) is 0 Å². The molecule has 24 heavy (non-hydrogen) atoms. The zero-order chi connectivity index (χ0) is 17.3. The van der Waals surface area contributed by atoms with Crippen LogP contribution in [-0.4, -0.2) is 5.91 Å². The van der Waals surface area contributed by atoms with Crippen LogP contribution < -0.4 is 11.1 Å². The fourth-order valence-electron chi connectivity index (χ4n) is 2.11. The van der Waals surface area contributed by atoms with Gasteiger partial charge in [0, 0.05) is 20.2 Å². The van der Waals surface area contributed by atoms with E-state index in [1.54, 1.807) is 36.4 Å². The van der Waals surface area contributed by atoms with Gasteiger partial charge in [-0.3, -0.25) is 4.79 Å². The van der Waals surface area contributed by atoms with Gasteiger partial charge in [0.05, 0.1) is 5.69 Å². The Bertz CT molecular complexity index is 925. The van der Waals surface area contributed by atoms with Crippen LogP contribution in [0.25, 0.3) is 11.3 Å². The van der Waals surface area contributed by atoms with Gasteiger partial charge in [-0.2, -0.15) is 0 Å². The Morgan fingerprint density at radius 3 is 2.54 bits per heavy atom. The summed E-state index contributed by atoms with van der Waals surface area (Å²) in [6.07, 6.45) is 0. The molecule has 0 bridgehead atoms. The van der Waals surface area contributed by atoms with Crippen molar-refractivity contribution in [2.75, 3.05) is 11.1 Å². The highest BCUT2D eigenvalue weighted by molar-refractivity contribution is 9.11. The molecule has 0 aliphatic rings. The lowest BCUT2D eigenvalue weighted by Crippen LogP contribution is -2.11. The summed E-state index contributed by atoms with van der Waals surface area (Å²) in [4.78, 5) is 12.3. The van der Waals surface area contributed by atoms with E-state index in [1.807, 2.05) is 0 Å². The van der Waals surface area contributed by atoms with Gasteiger partial charge in [-0.15, -0.1) is 0 Å². The molecule has 0 aliphatic heterocycles. The number of carbonyl (C=O) groups excluding carboxylic acids is 1. The number of carbonyl (C=O) groups is 1. The number of nitrogen functional groups attached to an aromatic ring is 1. The Hall–Kier alpha value is -2.12. The first-order valence-electron chi connectivity index (χ1n) is 6.85. The van der Waals surface area contributed by atoms with E-state index < -0.39 is 5.91 Å². The Labute approximate surface area is 154 Å². The van der Waals surface area contributed by atoms with Crippen molar-refractivity contribution in [3.63, 3.8) is 0 Å². The van der Waals surface area contributed by atoms with E-state index >= 15 is 0 Å². The number of nitrogens with two attached hydrogens (primary N) is 1. The number of amides is 1. The van der Waals surface area contributed by atoms with Crippen molar-refractivity contribution in [2.45, 2.75) is 0 Å². The van der Waals surface area contributed by atoms with E-state index in [4.69, 9.17) is 10.2 Å². The van der Waals surface area contributed by atoms with Crippen molar-refractivity contribution in [3.05, 3.63) is 69.1 Å². The molecular weight excluding hydrogens is 443 g/mol. The molecule has 3 N–H and O–H groups in total. The highest BCUT2D eigenvalue weighted by atomic mass is 79.9. The van der Waals surface area contributed by atoms with Crippen LogP contribution in [0.4, 0.5) is 15.8 Å². The molecule has 1 heterocycles. The first kappa shape index (κ1) is 16.7. The van der Waals surface area contributed by atoms with E-state index in [1.165, 1.54) is 12.1 Å². The maximum atomic E-state index is 13.2. The van der Waals surface area contributed by atoms with Gasteiger partial charge in [0.1, 0.15) is 11.6 Å². The Morgan fingerprint density at radius 1 is 1.04 bits per heavy atom. The molecule has 7 heteroatoms. The van der Waals surface area contributed by atoms with Crippen LogP contribution in [0.5, 0.6) is 0 Å². The molecule has 3 rings (SSSR count). The fraction of sp³-hybridized carbons (Fsp3) is 0. The summed E-state index contributed by atoms with van der Waals surface area (Å²) in [5.74, 6) is -0.151. The summed E-state index contributed by atoms with van der Waals surface area (Å²) >= 11 is 6.62. The second kappa shape index (κ2) is 6.78.